The van der Waals surface area contributed by atoms with E-state index in [1.165, 1.54) is 12.8 Å². The molecule has 0 aliphatic carbocycles. The van der Waals surface area contributed by atoms with E-state index < -0.39 is 0 Å². The third-order valence-electron chi connectivity index (χ3n) is 2.16. The molecule has 13 heavy (non-hydrogen) atoms. The van der Waals surface area contributed by atoms with Crippen molar-refractivity contribution in [1.82, 2.24) is 10.2 Å². The van der Waals surface area contributed by atoms with Crippen molar-refractivity contribution in [3.8, 4) is 0 Å². The Kier molecular flexibility index (Phi) is 3.61. The Morgan fingerprint density at radius 1 is 1.62 bits per heavy atom. The topological polar surface area (TPSA) is 66.7 Å². The van der Waals surface area contributed by atoms with Gasteiger partial charge in [-0.3, -0.25) is 5.10 Å². The summed E-state index contributed by atoms with van der Waals surface area (Å²) in [5.74, 6) is 0.620. The molecule has 0 bridgehead atoms. The second kappa shape index (κ2) is 4.74. The van der Waals surface area contributed by atoms with Gasteiger partial charge in [0.1, 0.15) is 5.82 Å². The first kappa shape index (κ1) is 9.89. The molecule has 1 aromatic rings. The quantitative estimate of drug-likeness (QED) is 0.652. The summed E-state index contributed by atoms with van der Waals surface area (Å²) in [5.41, 5.74) is 6.58. The Balaban J connectivity index is 2.51. The summed E-state index contributed by atoms with van der Waals surface area (Å²) in [4.78, 5) is 0. The van der Waals surface area contributed by atoms with Gasteiger partial charge in [-0.2, -0.15) is 5.10 Å². The molecule has 0 fully saturated rings. The van der Waals surface area contributed by atoms with Gasteiger partial charge in [-0.05, 0) is 12.8 Å². The molecule has 1 atom stereocenters. The number of anilines is 2. The third-order valence-corrected chi connectivity index (χ3v) is 2.16. The highest BCUT2D eigenvalue weighted by molar-refractivity contribution is 5.60. The van der Waals surface area contributed by atoms with Crippen molar-refractivity contribution >= 4 is 11.5 Å². The lowest BCUT2D eigenvalue weighted by Crippen LogP contribution is -2.18. The van der Waals surface area contributed by atoms with E-state index in [0.717, 1.165) is 12.1 Å². The summed E-state index contributed by atoms with van der Waals surface area (Å²) >= 11 is 0. The average Bonchev–Trinajstić information content (AvgIpc) is 2.51. The number of H-pyrrole nitrogens is 1. The van der Waals surface area contributed by atoms with Crippen LogP contribution in [0.5, 0.6) is 0 Å². The number of nitrogens with two attached hydrogens (primary N) is 1. The van der Waals surface area contributed by atoms with Crippen LogP contribution >= 0.6 is 0 Å². The minimum atomic E-state index is 0.505. The first-order valence-electron chi connectivity index (χ1n) is 4.83. The van der Waals surface area contributed by atoms with E-state index in [1.54, 1.807) is 6.20 Å². The Bertz CT molecular complexity index is 244. The van der Waals surface area contributed by atoms with E-state index in [9.17, 15) is 0 Å². The van der Waals surface area contributed by atoms with Crippen molar-refractivity contribution in [3.63, 3.8) is 0 Å². The van der Waals surface area contributed by atoms with Crippen LogP contribution in [0.3, 0.4) is 0 Å². The summed E-state index contributed by atoms with van der Waals surface area (Å²) < 4.78 is 0. The first-order chi connectivity index (χ1) is 6.27. The van der Waals surface area contributed by atoms with Gasteiger partial charge in [0.2, 0.25) is 0 Å². The van der Waals surface area contributed by atoms with Crippen LogP contribution in [0.25, 0.3) is 0 Å². The van der Waals surface area contributed by atoms with Crippen LogP contribution in [0.15, 0.2) is 6.20 Å². The van der Waals surface area contributed by atoms with Crippen LogP contribution in [0.1, 0.15) is 33.1 Å². The number of nitrogens with one attached hydrogen (secondary N) is 2. The largest absolute Gasteiger partial charge is 0.382 e. The van der Waals surface area contributed by atoms with E-state index in [1.807, 2.05) is 0 Å². The minimum absolute atomic E-state index is 0.505. The molecule has 1 heterocycles. The maximum Gasteiger partial charge on any atom is 0.142 e. The van der Waals surface area contributed by atoms with Crippen molar-refractivity contribution in [2.45, 2.75) is 39.2 Å². The van der Waals surface area contributed by atoms with Gasteiger partial charge in [-0.15, -0.1) is 0 Å². The van der Waals surface area contributed by atoms with Crippen molar-refractivity contribution in [2.75, 3.05) is 11.1 Å². The average molecular weight is 182 g/mol. The van der Waals surface area contributed by atoms with Crippen molar-refractivity contribution in [1.29, 1.82) is 0 Å². The Labute approximate surface area is 78.9 Å². The van der Waals surface area contributed by atoms with E-state index >= 15 is 0 Å². The zero-order valence-corrected chi connectivity index (χ0v) is 8.30. The number of nitrogens with zero attached hydrogens (tertiary/aromatic N) is 1. The van der Waals surface area contributed by atoms with E-state index in [2.05, 4.69) is 29.4 Å². The second-order valence-electron chi connectivity index (χ2n) is 3.24. The molecular formula is C9H18N4. The normalized spacial score (nSPS) is 12.8. The van der Waals surface area contributed by atoms with E-state index in [-0.39, 0.29) is 0 Å². The fourth-order valence-corrected chi connectivity index (χ4v) is 1.36. The van der Waals surface area contributed by atoms with Crippen LogP contribution in [-0.2, 0) is 0 Å². The van der Waals surface area contributed by atoms with Gasteiger partial charge in [0.25, 0.3) is 0 Å². The first-order valence-corrected chi connectivity index (χ1v) is 4.83. The Hall–Kier alpha value is -1.19. The lowest BCUT2D eigenvalue weighted by molar-refractivity contribution is 0.623. The third kappa shape index (κ3) is 2.65. The highest BCUT2D eigenvalue weighted by Gasteiger charge is 2.07. The molecule has 4 heteroatoms. The zero-order valence-electron chi connectivity index (χ0n) is 8.30. The molecule has 0 radical (unpaired) electrons. The number of aromatic amines is 1. The smallest absolute Gasteiger partial charge is 0.142 e. The molecule has 74 valence electrons. The minimum Gasteiger partial charge on any atom is -0.382 e. The molecule has 0 saturated heterocycles. The molecule has 0 spiro atoms. The van der Waals surface area contributed by atoms with Crippen LogP contribution in [-0.4, -0.2) is 16.2 Å². The van der Waals surface area contributed by atoms with Crippen LogP contribution < -0.4 is 11.1 Å². The molecule has 0 saturated carbocycles. The number of nitrogen functional groups attached to an aromatic ring is 1. The molecule has 0 aromatic carbocycles. The molecular weight excluding hydrogens is 164 g/mol. The lowest BCUT2D eigenvalue weighted by atomic mass is 10.1. The van der Waals surface area contributed by atoms with Crippen LogP contribution in [0.4, 0.5) is 11.5 Å². The fraction of sp³-hybridized carbons (Fsp3) is 0.667. The summed E-state index contributed by atoms with van der Waals surface area (Å²) in [6.45, 7) is 4.35. The van der Waals surface area contributed by atoms with Gasteiger partial charge in [-0.1, -0.05) is 20.3 Å². The molecule has 4 nitrogen and oxygen atoms in total. The highest BCUT2D eigenvalue weighted by Crippen LogP contribution is 2.17. The molecule has 1 rings (SSSR count). The number of rotatable bonds is 5. The standard InChI is InChI=1S/C9H18N4/c1-3-5-7(4-2)12-8-6-11-13-9(8)10/h6-7,12H,3-5H2,1-2H3,(H3,10,11,13). The van der Waals surface area contributed by atoms with Crippen molar-refractivity contribution in [3.05, 3.63) is 6.20 Å². The van der Waals surface area contributed by atoms with Gasteiger partial charge < -0.3 is 11.1 Å². The van der Waals surface area contributed by atoms with Crippen molar-refractivity contribution in [2.24, 2.45) is 0 Å². The molecule has 0 aliphatic rings. The van der Waals surface area contributed by atoms with Crippen molar-refractivity contribution < 1.29 is 0 Å². The summed E-state index contributed by atoms with van der Waals surface area (Å²) in [5, 5.41) is 9.92. The van der Waals surface area contributed by atoms with Gasteiger partial charge in [0, 0.05) is 6.04 Å². The van der Waals surface area contributed by atoms with E-state index in [4.69, 9.17) is 5.73 Å². The number of hydrogen-bond donors (Lipinski definition) is 3. The highest BCUT2D eigenvalue weighted by atomic mass is 15.2. The van der Waals surface area contributed by atoms with Gasteiger partial charge in [0.15, 0.2) is 0 Å². The van der Waals surface area contributed by atoms with Crippen LogP contribution in [0.2, 0.25) is 0 Å². The summed E-state index contributed by atoms with van der Waals surface area (Å²) in [7, 11) is 0. The molecule has 4 N–H and O–H groups in total. The maximum absolute atomic E-state index is 5.66. The summed E-state index contributed by atoms with van der Waals surface area (Å²) in [6.07, 6.45) is 5.19. The fourth-order valence-electron chi connectivity index (χ4n) is 1.36. The second-order valence-corrected chi connectivity index (χ2v) is 3.24. The molecule has 0 aliphatic heterocycles. The maximum atomic E-state index is 5.66. The van der Waals surface area contributed by atoms with Gasteiger partial charge in [-0.25, -0.2) is 0 Å². The van der Waals surface area contributed by atoms with E-state index in [0.29, 0.717) is 11.9 Å². The lowest BCUT2D eigenvalue weighted by Gasteiger charge is -2.16. The Morgan fingerprint density at radius 2 is 2.38 bits per heavy atom. The Morgan fingerprint density at radius 3 is 2.85 bits per heavy atom. The molecule has 0 amide bonds. The van der Waals surface area contributed by atoms with Crippen LogP contribution in [0, 0.1) is 0 Å². The number of aromatic nitrogens is 2. The zero-order chi connectivity index (χ0) is 9.68. The van der Waals surface area contributed by atoms with Gasteiger partial charge in [0.05, 0.1) is 11.9 Å². The predicted molar refractivity (Wildman–Crippen MR) is 55.6 cm³/mol. The summed E-state index contributed by atoms with van der Waals surface area (Å²) in [6, 6.07) is 0.505. The van der Waals surface area contributed by atoms with Gasteiger partial charge >= 0.3 is 0 Å². The number of hydrogen-bond acceptors (Lipinski definition) is 3. The molecule has 1 aromatic heterocycles. The SMILES string of the molecule is CCCC(CC)Nc1cn[nH]c1N. The predicted octanol–water partition coefficient (Wildman–Crippen LogP) is 1.98. The molecule has 1 unspecified atom stereocenters. The monoisotopic (exact) mass is 182 g/mol.